The Morgan fingerprint density at radius 2 is 2.12 bits per heavy atom. The summed E-state index contributed by atoms with van der Waals surface area (Å²) < 4.78 is 5.47. The fourth-order valence-corrected chi connectivity index (χ4v) is 2.93. The number of anilines is 1. The summed E-state index contributed by atoms with van der Waals surface area (Å²) in [6.45, 7) is 3.38. The molecule has 1 N–H and O–H groups in total. The highest BCUT2D eigenvalue weighted by Crippen LogP contribution is 2.34. The fraction of sp³-hybridized carbons (Fsp3) is 0.769. The predicted octanol–water partition coefficient (Wildman–Crippen LogP) is 2.23. The minimum absolute atomic E-state index is 0.610. The maximum atomic E-state index is 5.47. The number of piperidine rings is 1. The van der Waals surface area contributed by atoms with Gasteiger partial charge >= 0.3 is 0 Å². The monoisotopic (exact) mass is 235 g/mol. The molecule has 4 nitrogen and oxygen atoms in total. The zero-order chi connectivity index (χ0) is 11.7. The second-order valence-electron chi connectivity index (χ2n) is 5.34. The molecule has 0 radical (unpaired) electrons. The number of hydrogen-bond donors (Lipinski definition) is 1. The van der Waals surface area contributed by atoms with Gasteiger partial charge in [0, 0.05) is 18.0 Å². The number of nitrogens with zero attached hydrogens (tertiary/aromatic N) is 2. The van der Waals surface area contributed by atoms with E-state index in [0.29, 0.717) is 5.92 Å². The molecule has 0 saturated carbocycles. The maximum absolute atomic E-state index is 5.47. The van der Waals surface area contributed by atoms with Gasteiger partial charge in [0.25, 0.3) is 0 Å². The molecule has 1 fully saturated rings. The molecular weight excluding hydrogens is 214 g/mol. The molecule has 17 heavy (non-hydrogen) atoms. The van der Waals surface area contributed by atoms with Gasteiger partial charge < -0.3 is 14.7 Å². The quantitative estimate of drug-likeness (QED) is 0.810. The minimum Gasteiger partial charge on any atom is -0.354 e. The van der Waals surface area contributed by atoms with E-state index < -0.39 is 0 Å². The van der Waals surface area contributed by atoms with Crippen LogP contribution < -0.4 is 5.32 Å². The predicted molar refractivity (Wildman–Crippen MR) is 67.4 cm³/mol. The first-order chi connectivity index (χ1) is 8.34. The molecule has 94 valence electrons. The van der Waals surface area contributed by atoms with Crippen LogP contribution in [0.2, 0.25) is 0 Å². The number of fused-ring (bicyclic) bond motifs is 1. The molecule has 3 rings (SSSR count). The van der Waals surface area contributed by atoms with E-state index in [2.05, 4.69) is 22.4 Å². The molecule has 0 aliphatic carbocycles. The van der Waals surface area contributed by atoms with E-state index >= 15 is 0 Å². The van der Waals surface area contributed by atoms with Crippen molar-refractivity contribution < 1.29 is 4.52 Å². The molecule has 3 heterocycles. The third kappa shape index (κ3) is 2.18. The summed E-state index contributed by atoms with van der Waals surface area (Å²) in [6.07, 6.45) is 6.05. The molecule has 0 amide bonds. The summed E-state index contributed by atoms with van der Waals surface area (Å²) >= 11 is 0. The summed E-state index contributed by atoms with van der Waals surface area (Å²) in [7, 11) is 2.20. The van der Waals surface area contributed by atoms with E-state index in [1.54, 1.807) is 0 Å². The lowest BCUT2D eigenvalue weighted by Crippen LogP contribution is -2.29. The second-order valence-corrected chi connectivity index (χ2v) is 5.34. The van der Waals surface area contributed by atoms with Crippen molar-refractivity contribution in [3.63, 3.8) is 0 Å². The first kappa shape index (κ1) is 11.1. The smallest absolute Gasteiger partial charge is 0.228 e. The van der Waals surface area contributed by atoms with Crippen LogP contribution in [0.5, 0.6) is 0 Å². The van der Waals surface area contributed by atoms with Gasteiger partial charge in [-0.05, 0) is 52.2 Å². The van der Waals surface area contributed by atoms with Crippen molar-refractivity contribution in [2.45, 2.75) is 38.0 Å². The summed E-state index contributed by atoms with van der Waals surface area (Å²) in [6, 6.07) is 0. The normalized spacial score (nSPS) is 22.9. The van der Waals surface area contributed by atoms with E-state index in [-0.39, 0.29) is 0 Å². The van der Waals surface area contributed by atoms with Crippen molar-refractivity contribution in [3.05, 3.63) is 11.3 Å². The van der Waals surface area contributed by atoms with Gasteiger partial charge in [-0.1, -0.05) is 5.16 Å². The van der Waals surface area contributed by atoms with Crippen LogP contribution in [0.1, 0.15) is 42.9 Å². The number of rotatable bonds is 1. The highest BCUT2D eigenvalue weighted by molar-refractivity contribution is 5.45. The highest BCUT2D eigenvalue weighted by atomic mass is 16.5. The van der Waals surface area contributed by atoms with Crippen LogP contribution in [0.25, 0.3) is 0 Å². The molecule has 0 unspecified atom stereocenters. The lowest BCUT2D eigenvalue weighted by molar-refractivity contribution is 0.249. The standard InChI is InChI=1S/C13H21N3O/c1-16-8-5-10(6-9-16)12-11-4-2-3-7-14-13(11)17-15-12/h10,14H,2-9H2,1H3. The van der Waals surface area contributed by atoms with E-state index in [4.69, 9.17) is 4.52 Å². The van der Waals surface area contributed by atoms with Crippen LogP contribution in [0.4, 0.5) is 5.88 Å². The Morgan fingerprint density at radius 3 is 2.94 bits per heavy atom. The molecule has 0 aromatic carbocycles. The molecule has 2 aliphatic rings. The van der Waals surface area contributed by atoms with Crippen LogP contribution in [0, 0.1) is 0 Å². The Labute approximate surface area is 102 Å². The van der Waals surface area contributed by atoms with Crippen LogP contribution in [-0.2, 0) is 6.42 Å². The minimum atomic E-state index is 0.610. The Balaban J connectivity index is 1.81. The zero-order valence-electron chi connectivity index (χ0n) is 10.5. The third-order valence-electron chi connectivity index (χ3n) is 4.06. The van der Waals surface area contributed by atoms with Crippen molar-refractivity contribution in [2.75, 3.05) is 32.0 Å². The third-order valence-corrected chi connectivity index (χ3v) is 4.06. The summed E-state index contributed by atoms with van der Waals surface area (Å²) in [5.74, 6) is 1.55. The van der Waals surface area contributed by atoms with E-state index in [9.17, 15) is 0 Å². The van der Waals surface area contributed by atoms with Crippen molar-refractivity contribution >= 4 is 5.88 Å². The lowest BCUT2D eigenvalue weighted by atomic mass is 9.90. The second kappa shape index (κ2) is 4.69. The van der Waals surface area contributed by atoms with Crippen LogP contribution in [0.3, 0.4) is 0 Å². The number of nitrogens with one attached hydrogen (secondary N) is 1. The van der Waals surface area contributed by atoms with Gasteiger partial charge in [-0.15, -0.1) is 0 Å². The largest absolute Gasteiger partial charge is 0.354 e. The van der Waals surface area contributed by atoms with Crippen LogP contribution in [-0.4, -0.2) is 36.7 Å². The topological polar surface area (TPSA) is 41.3 Å². The van der Waals surface area contributed by atoms with E-state index in [1.165, 1.54) is 50.0 Å². The zero-order valence-corrected chi connectivity index (χ0v) is 10.5. The van der Waals surface area contributed by atoms with E-state index in [0.717, 1.165) is 18.8 Å². The molecule has 0 atom stereocenters. The Hall–Kier alpha value is -1.03. The van der Waals surface area contributed by atoms with Crippen LogP contribution in [0.15, 0.2) is 4.52 Å². The summed E-state index contributed by atoms with van der Waals surface area (Å²) in [5.41, 5.74) is 2.60. The summed E-state index contributed by atoms with van der Waals surface area (Å²) in [4.78, 5) is 2.40. The Bertz CT molecular complexity index is 380. The van der Waals surface area contributed by atoms with Gasteiger partial charge in [-0.2, -0.15) is 0 Å². The van der Waals surface area contributed by atoms with Gasteiger partial charge in [0.15, 0.2) is 0 Å². The first-order valence-electron chi connectivity index (χ1n) is 6.75. The Kier molecular flexibility index (Phi) is 3.05. The van der Waals surface area contributed by atoms with Crippen molar-refractivity contribution in [1.29, 1.82) is 0 Å². The number of hydrogen-bond acceptors (Lipinski definition) is 4. The Morgan fingerprint density at radius 1 is 1.29 bits per heavy atom. The SMILES string of the molecule is CN1CCC(c2noc3c2CCCCN3)CC1. The van der Waals surface area contributed by atoms with Gasteiger partial charge in [0.05, 0.1) is 5.69 Å². The molecule has 0 bridgehead atoms. The van der Waals surface area contributed by atoms with Gasteiger partial charge in [0.1, 0.15) is 0 Å². The summed E-state index contributed by atoms with van der Waals surface area (Å²) in [5, 5.41) is 7.69. The molecular formula is C13H21N3O. The highest BCUT2D eigenvalue weighted by Gasteiger charge is 2.26. The van der Waals surface area contributed by atoms with Crippen molar-refractivity contribution in [3.8, 4) is 0 Å². The molecule has 1 aromatic heterocycles. The average molecular weight is 235 g/mol. The average Bonchev–Trinajstić information content (AvgIpc) is 2.60. The first-order valence-corrected chi connectivity index (χ1v) is 6.75. The molecule has 1 aromatic rings. The van der Waals surface area contributed by atoms with E-state index in [1.807, 2.05) is 0 Å². The maximum Gasteiger partial charge on any atom is 0.228 e. The van der Waals surface area contributed by atoms with Crippen LogP contribution >= 0.6 is 0 Å². The molecule has 1 saturated heterocycles. The van der Waals surface area contributed by atoms with Crippen molar-refractivity contribution in [1.82, 2.24) is 10.1 Å². The fourth-order valence-electron chi connectivity index (χ4n) is 2.93. The molecule has 4 heteroatoms. The number of likely N-dealkylation sites (tertiary alicyclic amines) is 1. The van der Waals surface area contributed by atoms with Crippen molar-refractivity contribution in [2.24, 2.45) is 0 Å². The lowest BCUT2D eigenvalue weighted by Gasteiger charge is -2.28. The van der Waals surface area contributed by atoms with Gasteiger partial charge in [-0.3, -0.25) is 0 Å². The molecule has 0 spiro atoms. The number of aromatic nitrogens is 1. The van der Waals surface area contributed by atoms with Gasteiger partial charge in [0.2, 0.25) is 5.88 Å². The molecule has 2 aliphatic heterocycles. The van der Waals surface area contributed by atoms with Gasteiger partial charge in [-0.25, -0.2) is 0 Å².